The lowest BCUT2D eigenvalue weighted by atomic mass is 10.0. The van der Waals surface area contributed by atoms with Gasteiger partial charge in [0, 0.05) is 11.1 Å². The summed E-state index contributed by atoms with van der Waals surface area (Å²) in [5.74, 6) is -1.56. The van der Waals surface area contributed by atoms with Crippen LogP contribution in [0.25, 0.3) is 0 Å². The van der Waals surface area contributed by atoms with Gasteiger partial charge >= 0.3 is 7.60 Å². The maximum Gasteiger partial charge on any atom is 0.337 e. The molecular formula is C13H11F2O3P. The Labute approximate surface area is 108 Å². The van der Waals surface area contributed by atoms with E-state index in [0.29, 0.717) is 0 Å². The summed E-state index contributed by atoms with van der Waals surface area (Å²) < 4.78 is 39.0. The van der Waals surface area contributed by atoms with Crippen molar-refractivity contribution in [3.8, 4) is 0 Å². The maximum absolute atomic E-state index is 13.7. The van der Waals surface area contributed by atoms with Crippen molar-refractivity contribution >= 4 is 7.60 Å². The molecule has 6 heteroatoms. The van der Waals surface area contributed by atoms with Crippen molar-refractivity contribution in [1.82, 2.24) is 0 Å². The van der Waals surface area contributed by atoms with Crippen LogP contribution >= 0.6 is 7.60 Å². The molecule has 0 fully saturated rings. The molecule has 2 N–H and O–H groups in total. The zero-order valence-electron chi connectivity index (χ0n) is 9.70. The molecule has 0 bridgehead atoms. The van der Waals surface area contributed by atoms with Crippen LogP contribution < -0.4 is 0 Å². The topological polar surface area (TPSA) is 57.5 Å². The van der Waals surface area contributed by atoms with E-state index >= 15 is 0 Å². The molecule has 0 spiro atoms. The van der Waals surface area contributed by atoms with Crippen molar-refractivity contribution in [3.05, 3.63) is 71.3 Å². The van der Waals surface area contributed by atoms with Gasteiger partial charge < -0.3 is 9.79 Å². The molecule has 2 aromatic carbocycles. The Morgan fingerprint density at radius 3 is 1.53 bits per heavy atom. The van der Waals surface area contributed by atoms with E-state index in [2.05, 4.69) is 0 Å². The molecule has 0 aliphatic rings. The van der Waals surface area contributed by atoms with Gasteiger partial charge in [-0.05, 0) is 12.1 Å². The fraction of sp³-hybridized carbons (Fsp3) is 0.0769. The van der Waals surface area contributed by atoms with E-state index < -0.39 is 24.9 Å². The molecule has 0 radical (unpaired) electrons. The molecule has 0 atom stereocenters. The van der Waals surface area contributed by atoms with Crippen LogP contribution in [0, 0.1) is 11.6 Å². The average Bonchev–Trinajstić information content (AvgIpc) is 2.33. The van der Waals surface area contributed by atoms with Crippen molar-refractivity contribution in [2.75, 3.05) is 0 Å². The smallest absolute Gasteiger partial charge is 0.324 e. The van der Waals surface area contributed by atoms with Gasteiger partial charge in [0.1, 0.15) is 17.3 Å². The number of hydrogen-bond donors (Lipinski definition) is 2. The van der Waals surface area contributed by atoms with Crippen LogP contribution in [0.5, 0.6) is 0 Å². The highest BCUT2D eigenvalue weighted by atomic mass is 31.2. The summed E-state index contributed by atoms with van der Waals surface area (Å²) in [4.78, 5) is 18.8. The molecule has 0 saturated carbocycles. The van der Waals surface area contributed by atoms with Gasteiger partial charge in [-0.2, -0.15) is 0 Å². The molecule has 0 aromatic heterocycles. The van der Waals surface area contributed by atoms with E-state index in [1.54, 1.807) is 0 Å². The van der Waals surface area contributed by atoms with E-state index in [4.69, 9.17) is 0 Å². The maximum atomic E-state index is 13.7. The first kappa shape index (κ1) is 13.9. The molecule has 0 amide bonds. The van der Waals surface area contributed by atoms with Gasteiger partial charge in [-0.15, -0.1) is 0 Å². The van der Waals surface area contributed by atoms with Crippen LogP contribution in [0.2, 0.25) is 0 Å². The van der Waals surface area contributed by atoms with Crippen LogP contribution in [0.4, 0.5) is 8.78 Å². The fourth-order valence-corrected chi connectivity index (χ4v) is 3.07. The van der Waals surface area contributed by atoms with Crippen molar-refractivity contribution in [3.63, 3.8) is 0 Å². The number of rotatable bonds is 3. The first-order valence-electron chi connectivity index (χ1n) is 5.45. The van der Waals surface area contributed by atoms with Gasteiger partial charge in [0.2, 0.25) is 0 Å². The third-order valence-corrected chi connectivity index (χ3v) is 3.97. The Bertz CT molecular complexity index is 594. The first-order chi connectivity index (χ1) is 8.91. The standard InChI is InChI=1S/C13H11F2O3P/c14-11-7-3-1-5-9(11)13(19(16,17)18)10-6-2-4-8-12(10)15/h1-8,13H,(H2,16,17,18). The normalized spacial score (nSPS) is 11.8. The minimum Gasteiger partial charge on any atom is -0.324 e. The monoisotopic (exact) mass is 284 g/mol. The Hall–Kier alpha value is -1.55. The van der Waals surface area contributed by atoms with Gasteiger partial charge in [-0.3, -0.25) is 4.57 Å². The summed E-state index contributed by atoms with van der Waals surface area (Å²) in [6, 6.07) is 10.3. The minimum atomic E-state index is -4.75. The van der Waals surface area contributed by atoms with Gasteiger partial charge in [-0.1, -0.05) is 36.4 Å². The number of benzene rings is 2. The summed E-state index contributed by atoms with van der Waals surface area (Å²) in [6.07, 6.45) is 0. The van der Waals surface area contributed by atoms with Crippen molar-refractivity contribution in [1.29, 1.82) is 0 Å². The predicted molar refractivity (Wildman–Crippen MR) is 66.7 cm³/mol. The molecular weight excluding hydrogens is 273 g/mol. The summed E-state index contributed by atoms with van der Waals surface area (Å²) in [6.45, 7) is 0. The summed E-state index contributed by atoms with van der Waals surface area (Å²) in [7, 11) is -4.75. The van der Waals surface area contributed by atoms with E-state index in [0.717, 1.165) is 12.1 Å². The van der Waals surface area contributed by atoms with Crippen LogP contribution in [0.3, 0.4) is 0 Å². The van der Waals surface area contributed by atoms with E-state index in [1.165, 1.54) is 36.4 Å². The molecule has 0 saturated heterocycles. The molecule has 100 valence electrons. The van der Waals surface area contributed by atoms with E-state index in [-0.39, 0.29) is 11.1 Å². The Morgan fingerprint density at radius 1 is 0.842 bits per heavy atom. The highest BCUT2D eigenvalue weighted by Crippen LogP contribution is 2.56. The second kappa shape index (κ2) is 5.21. The molecule has 0 aliphatic heterocycles. The second-order valence-electron chi connectivity index (χ2n) is 4.03. The molecule has 2 aromatic rings. The summed E-state index contributed by atoms with van der Waals surface area (Å²) in [5.41, 5.74) is -2.09. The first-order valence-corrected chi connectivity index (χ1v) is 7.13. The Balaban J connectivity index is 2.66. The van der Waals surface area contributed by atoms with Crippen LogP contribution in [-0.4, -0.2) is 9.79 Å². The van der Waals surface area contributed by atoms with E-state index in [9.17, 15) is 23.1 Å². The van der Waals surface area contributed by atoms with Crippen LogP contribution in [0.1, 0.15) is 16.8 Å². The van der Waals surface area contributed by atoms with E-state index in [1.807, 2.05) is 0 Å². The molecule has 0 heterocycles. The van der Waals surface area contributed by atoms with Crippen molar-refractivity contribution < 1.29 is 23.1 Å². The Morgan fingerprint density at radius 2 is 1.21 bits per heavy atom. The minimum absolute atomic E-state index is 0.221. The SMILES string of the molecule is O=P(O)(O)C(c1ccccc1F)c1ccccc1F. The fourth-order valence-electron chi connectivity index (χ4n) is 1.92. The quantitative estimate of drug-likeness (QED) is 0.851. The molecule has 3 nitrogen and oxygen atoms in total. The average molecular weight is 284 g/mol. The number of halogens is 2. The third-order valence-electron chi connectivity index (χ3n) is 2.74. The highest BCUT2D eigenvalue weighted by molar-refractivity contribution is 7.52. The highest BCUT2D eigenvalue weighted by Gasteiger charge is 2.35. The second-order valence-corrected chi connectivity index (χ2v) is 5.73. The zero-order valence-corrected chi connectivity index (χ0v) is 10.6. The lowest BCUT2D eigenvalue weighted by Crippen LogP contribution is -2.06. The van der Waals surface area contributed by atoms with Crippen molar-refractivity contribution in [2.45, 2.75) is 5.66 Å². The summed E-state index contributed by atoms with van der Waals surface area (Å²) in [5, 5.41) is 0. The van der Waals surface area contributed by atoms with Gasteiger partial charge in [-0.25, -0.2) is 8.78 Å². The molecule has 19 heavy (non-hydrogen) atoms. The van der Waals surface area contributed by atoms with Crippen LogP contribution in [0.15, 0.2) is 48.5 Å². The Kier molecular flexibility index (Phi) is 3.80. The predicted octanol–water partition coefficient (Wildman–Crippen LogP) is 3.23. The lowest BCUT2D eigenvalue weighted by Gasteiger charge is -2.20. The van der Waals surface area contributed by atoms with Gasteiger partial charge in [0.25, 0.3) is 0 Å². The lowest BCUT2D eigenvalue weighted by molar-refractivity contribution is 0.362. The largest absolute Gasteiger partial charge is 0.337 e. The van der Waals surface area contributed by atoms with Crippen LogP contribution in [-0.2, 0) is 4.57 Å². The van der Waals surface area contributed by atoms with Crippen molar-refractivity contribution in [2.24, 2.45) is 0 Å². The summed E-state index contributed by atoms with van der Waals surface area (Å²) >= 11 is 0. The zero-order chi connectivity index (χ0) is 14.0. The molecule has 2 rings (SSSR count). The van der Waals surface area contributed by atoms with Gasteiger partial charge in [0.15, 0.2) is 0 Å². The molecule has 0 unspecified atom stereocenters. The van der Waals surface area contributed by atoms with Gasteiger partial charge in [0.05, 0.1) is 0 Å². The third kappa shape index (κ3) is 2.89. The number of hydrogen-bond acceptors (Lipinski definition) is 1. The molecule has 0 aliphatic carbocycles.